The van der Waals surface area contributed by atoms with Crippen LogP contribution in [0.4, 0.5) is 0 Å². The zero-order chi connectivity index (χ0) is 36.0. The van der Waals surface area contributed by atoms with Gasteiger partial charge in [0.2, 0.25) is 23.6 Å². The summed E-state index contributed by atoms with van der Waals surface area (Å²) in [4.78, 5) is 70.1. The van der Waals surface area contributed by atoms with E-state index >= 15 is 0 Å². The van der Waals surface area contributed by atoms with Crippen molar-refractivity contribution in [2.45, 2.75) is 70.3 Å². The SMILES string of the molecule is CC(=O)NC(C(=O)NCCCCC(NC(=O)c1c[nH]c2ccccc12)C(=O)NC(Cc1ccccc1)C(=O)N(C)Cc1ccccc1)C(C)O. The Morgan fingerprint density at radius 3 is 2.08 bits per heavy atom. The zero-order valence-corrected chi connectivity index (χ0v) is 28.6. The summed E-state index contributed by atoms with van der Waals surface area (Å²) >= 11 is 0. The number of hydrogen-bond donors (Lipinski definition) is 6. The number of carbonyl (C=O) groups excluding carboxylic acids is 5. The molecular weight excluding hydrogens is 636 g/mol. The summed E-state index contributed by atoms with van der Waals surface area (Å²) < 4.78 is 0. The average Bonchev–Trinajstić information content (AvgIpc) is 3.54. The van der Waals surface area contributed by atoms with Gasteiger partial charge in [0.15, 0.2) is 0 Å². The molecule has 0 saturated heterocycles. The maximum atomic E-state index is 14.0. The van der Waals surface area contributed by atoms with Gasteiger partial charge in [0.1, 0.15) is 18.1 Å². The Morgan fingerprint density at radius 1 is 0.780 bits per heavy atom. The van der Waals surface area contributed by atoms with E-state index in [2.05, 4.69) is 26.3 Å². The number of fused-ring (bicyclic) bond motifs is 1. The van der Waals surface area contributed by atoms with E-state index in [-0.39, 0.29) is 25.3 Å². The number of aromatic nitrogens is 1. The van der Waals surface area contributed by atoms with Crippen molar-refractivity contribution >= 4 is 40.4 Å². The molecule has 4 unspecified atom stereocenters. The molecule has 6 N–H and O–H groups in total. The standard InChI is InChI=1S/C38H46N6O6/c1-25(45)34(41-26(2)46)37(49)39-21-13-12-20-32(42-35(47)30-23-40-31-19-11-10-18-29(30)31)36(48)43-33(22-27-14-6-4-7-15-27)38(50)44(3)24-28-16-8-5-9-17-28/h4-11,14-19,23,25,32-34,40,45H,12-13,20-22,24H2,1-3H3,(H,39,49)(H,41,46)(H,42,47)(H,43,48). The number of rotatable bonds is 17. The first-order chi connectivity index (χ1) is 24.0. The van der Waals surface area contributed by atoms with Crippen molar-refractivity contribution in [3.05, 3.63) is 108 Å². The minimum absolute atomic E-state index is 0.214. The normalized spacial score (nSPS) is 13.4. The Morgan fingerprint density at radius 2 is 1.42 bits per heavy atom. The predicted molar refractivity (Wildman–Crippen MR) is 191 cm³/mol. The van der Waals surface area contributed by atoms with E-state index < -0.39 is 47.9 Å². The number of benzene rings is 3. The molecule has 4 aromatic rings. The van der Waals surface area contributed by atoms with Gasteiger partial charge in [-0.1, -0.05) is 78.9 Å². The molecule has 4 rings (SSSR count). The number of likely N-dealkylation sites (N-methyl/N-ethyl adjacent to an activating group) is 1. The van der Waals surface area contributed by atoms with Gasteiger partial charge in [-0.2, -0.15) is 0 Å². The van der Waals surface area contributed by atoms with Gasteiger partial charge in [0.05, 0.1) is 11.7 Å². The van der Waals surface area contributed by atoms with Crippen molar-refractivity contribution in [1.82, 2.24) is 31.2 Å². The van der Waals surface area contributed by atoms with Gasteiger partial charge in [-0.05, 0) is 43.4 Å². The van der Waals surface area contributed by atoms with Crippen molar-refractivity contribution in [2.75, 3.05) is 13.6 Å². The first-order valence-corrected chi connectivity index (χ1v) is 16.8. The number of nitrogens with one attached hydrogen (secondary N) is 5. The summed E-state index contributed by atoms with van der Waals surface area (Å²) in [7, 11) is 1.69. The first kappa shape index (κ1) is 37.3. The maximum absolute atomic E-state index is 14.0. The van der Waals surface area contributed by atoms with Crippen molar-refractivity contribution in [3.63, 3.8) is 0 Å². The summed E-state index contributed by atoms with van der Waals surface area (Å²) in [5, 5.41) is 21.6. The average molecular weight is 683 g/mol. The molecule has 4 atom stereocenters. The first-order valence-electron chi connectivity index (χ1n) is 16.8. The third kappa shape index (κ3) is 10.8. The van der Waals surface area contributed by atoms with E-state index in [0.29, 0.717) is 30.3 Å². The number of nitrogens with zero attached hydrogens (tertiary/aromatic N) is 1. The van der Waals surface area contributed by atoms with Crippen LogP contribution in [0.3, 0.4) is 0 Å². The molecule has 0 bridgehead atoms. The van der Waals surface area contributed by atoms with E-state index in [9.17, 15) is 29.1 Å². The molecule has 3 aromatic carbocycles. The van der Waals surface area contributed by atoms with Gasteiger partial charge in [-0.25, -0.2) is 0 Å². The Labute approximate surface area is 292 Å². The Bertz CT molecular complexity index is 1740. The lowest BCUT2D eigenvalue weighted by molar-refractivity contribution is -0.136. The maximum Gasteiger partial charge on any atom is 0.254 e. The van der Waals surface area contributed by atoms with Crippen LogP contribution in [0.2, 0.25) is 0 Å². The molecule has 0 aliphatic carbocycles. The number of H-pyrrole nitrogens is 1. The van der Waals surface area contributed by atoms with Gasteiger partial charge in [0.25, 0.3) is 5.91 Å². The zero-order valence-electron chi connectivity index (χ0n) is 28.6. The summed E-state index contributed by atoms with van der Waals surface area (Å²) in [5.41, 5.74) is 2.97. The second kappa shape index (κ2) is 18.3. The molecular formula is C38H46N6O6. The smallest absolute Gasteiger partial charge is 0.254 e. The number of carbonyl (C=O) groups is 5. The van der Waals surface area contributed by atoms with Crippen LogP contribution in [-0.4, -0.2) is 82.3 Å². The van der Waals surface area contributed by atoms with E-state index in [4.69, 9.17) is 0 Å². The molecule has 0 fully saturated rings. The largest absolute Gasteiger partial charge is 0.391 e. The third-order valence-electron chi connectivity index (χ3n) is 8.33. The number of aliphatic hydroxyl groups is 1. The fraction of sp³-hybridized carbons (Fsp3) is 0.342. The Hall–Kier alpha value is -5.49. The van der Waals surface area contributed by atoms with Crippen LogP contribution in [0.1, 0.15) is 54.6 Å². The van der Waals surface area contributed by atoms with Crippen LogP contribution in [0, 0.1) is 0 Å². The van der Waals surface area contributed by atoms with Crippen LogP contribution in [0.15, 0.2) is 91.1 Å². The lowest BCUT2D eigenvalue weighted by atomic mass is 10.0. The van der Waals surface area contributed by atoms with Gasteiger partial charge >= 0.3 is 0 Å². The number of aliphatic hydroxyl groups excluding tert-OH is 1. The molecule has 0 radical (unpaired) electrons. The van der Waals surface area contributed by atoms with Crippen LogP contribution >= 0.6 is 0 Å². The highest BCUT2D eigenvalue weighted by atomic mass is 16.3. The molecule has 1 aromatic heterocycles. The molecule has 50 heavy (non-hydrogen) atoms. The van der Waals surface area contributed by atoms with Crippen LogP contribution in [0.25, 0.3) is 10.9 Å². The molecule has 12 heteroatoms. The monoisotopic (exact) mass is 682 g/mol. The Kier molecular flexibility index (Phi) is 13.7. The molecule has 0 aliphatic rings. The van der Waals surface area contributed by atoms with Gasteiger partial charge in [0, 0.05) is 50.6 Å². The minimum Gasteiger partial charge on any atom is -0.391 e. The van der Waals surface area contributed by atoms with E-state index in [0.717, 1.165) is 16.6 Å². The Balaban J connectivity index is 1.49. The molecule has 0 spiro atoms. The van der Waals surface area contributed by atoms with E-state index in [1.807, 2.05) is 84.9 Å². The third-order valence-corrected chi connectivity index (χ3v) is 8.33. The van der Waals surface area contributed by atoms with Gasteiger partial charge in [-0.15, -0.1) is 0 Å². The molecule has 12 nitrogen and oxygen atoms in total. The fourth-order valence-electron chi connectivity index (χ4n) is 5.71. The lowest BCUT2D eigenvalue weighted by Crippen LogP contribution is -2.54. The van der Waals surface area contributed by atoms with Crippen molar-refractivity contribution in [3.8, 4) is 0 Å². The quantitative estimate of drug-likeness (QED) is 0.0935. The van der Waals surface area contributed by atoms with Crippen molar-refractivity contribution < 1.29 is 29.1 Å². The highest BCUT2D eigenvalue weighted by Crippen LogP contribution is 2.18. The minimum atomic E-state index is -1.10. The van der Waals surface area contributed by atoms with Gasteiger partial charge in [-0.3, -0.25) is 24.0 Å². The molecule has 5 amide bonds. The summed E-state index contributed by atoms with van der Waals surface area (Å²) in [5.74, 6) is -2.20. The summed E-state index contributed by atoms with van der Waals surface area (Å²) in [6.45, 7) is 3.24. The molecule has 264 valence electrons. The lowest BCUT2D eigenvalue weighted by Gasteiger charge is -2.27. The van der Waals surface area contributed by atoms with Crippen LogP contribution in [0.5, 0.6) is 0 Å². The fourth-order valence-corrected chi connectivity index (χ4v) is 5.71. The number of amides is 5. The van der Waals surface area contributed by atoms with Gasteiger partial charge < -0.3 is 36.3 Å². The highest BCUT2D eigenvalue weighted by molar-refractivity contribution is 6.08. The number of para-hydroxylation sites is 1. The van der Waals surface area contributed by atoms with E-state index in [1.165, 1.54) is 13.8 Å². The number of unbranched alkanes of at least 4 members (excludes halogenated alkanes) is 1. The second-order valence-electron chi connectivity index (χ2n) is 12.4. The second-order valence-corrected chi connectivity index (χ2v) is 12.4. The highest BCUT2D eigenvalue weighted by Gasteiger charge is 2.30. The molecule has 1 heterocycles. The topological polar surface area (TPSA) is 173 Å². The predicted octanol–water partition coefficient (Wildman–Crippen LogP) is 2.82. The summed E-state index contributed by atoms with van der Waals surface area (Å²) in [6.07, 6.45) is 1.84. The van der Waals surface area contributed by atoms with Crippen LogP contribution in [-0.2, 0) is 32.1 Å². The molecule has 0 aliphatic heterocycles. The molecule has 0 saturated carbocycles. The van der Waals surface area contributed by atoms with Crippen molar-refractivity contribution in [2.24, 2.45) is 0 Å². The van der Waals surface area contributed by atoms with E-state index in [1.54, 1.807) is 18.1 Å². The number of aromatic amines is 1. The number of hydrogen-bond acceptors (Lipinski definition) is 6. The van der Waals surface area contributed by atoms with Crippen molar-refractivity contribution in [1.29, 1.82) is 0 Å². The summed E-state index contributed by atoms with van der Waals surface area (Å²) in [6, 6.07) is 23.3. The van der Waals surface area contributed by atoms with Crippen LogP contribution < -0.4 is 21.3 Å².